The number of benzene rings is 2. The van der Waals surface area contributed by atoms with Crippen molar-refractivity contribution in [2.45, 2.75) is 30.0 Å². The van der Waals surface area contributed by atoms with Crippen molar-refractivity contribution in [1.82, 2.24) is 4.90 Å². The van der Waals surface area contributed by atoms with Crippen LogP contribution in [-0.2, 0) is 16.1 Å². The number of carbonyl (C=O) groups excluding carboxylic acids is 2. The topological polar surface area (TPSA) is 49.4 Å². The van der Waals surface area contributed by atoms with Crippen molar-refractivity contribution in [3.05, 3.63) is 59.9 Å². The lowest BCUT2D eigenvalue weighted by atomic mass is 10.2. The molecule has 2 amide bonds. The van der Waals surface area contributed by atoms with Crippen LogP contribution in [0.2, 0.25) is 0 Å². The van der Waals surface area contributed by atoms with Crippen LogP contribution in [0.4, 0.5) is 10.1 Å². The van der Waals surface area contributed by atoms with E-state index < -0.39 is 5.25 Å². The number of carbonyl (C=O) groups is 2. The number of hydrogen-bond donors (Lipinski definition) is 1. The van der Waals surface area contributed by atoms with Crippen LogP contribution in [0.25, 0.3) is 0 Å². The molecule has 25 heavy (non-hydrogen) atoms. The molecule has 0 unspecified atom stereocenters. The summed E-state index contributed by atoms with van der Waals surface area (Å²) in [5, 5.41) is 2.39. The third kappa shape index (κ3) is 4.20. The zero-order valence-electron chi connectivity index (χ0n) is 13.9. The van der Waals surface area contributed by atoms with Gasteiger partial charge in [-0.2, -0.15) is 0 Å². The monoisotopic (exact) mass is 358 g/mol. The standard InChI is InChI=1S/C19H19FN2O2S/c1-2-22(12-13-6-5-7-14(20)10-13)18(23)11-17-19(24)21-15-8-3-4-9-16(15)25-17/h3-10,17H,2,11-12H2,1H3,(H,21,24)/t17-/m0/s1. The fourth-order valence-electron chi connectivity index (χ4n) is 2.75. The van der Waals surface area contributed by atoms with Gasteiger partial charge in [0.2, 0.25) is 11.8 Å². The van der Waals surface area contributed by atoms with Crippen LogP contribution in [0, 0.1) is 5.82 Å². The number of hydrogen-bond acceptors (Lipinski definition) is 3. The molecule has 6 heteroatoms. The fraction of sp³-hybridized carbons (Fsp3) is 0.263. The van der Waals surface area contributed by atoms with Gasteiger partial charge in [0.15, 0.2) is 0 Å². The molecular weight excluding hydrogens is 339 g/mol. The molecule has 0 spiro atoms. The maximum absolute atomic E-state index is 13.3. The van der Waals surface area contributed by atoms with Crippen molar-refractivity contribution < 1.29 is 14.0 Å². The van der Waals surface area contributed by atoms with Crippen molar-refractivity contribution in [3.8, 4) is 0 Å². The fourth-order valence-corrected chi connectivity index (χ4v) is 3.85. The number of amides is 2. The van der Waals surface area contributed by atoms with E-state index >= 15 is 0 Å². The van der Waals surface area contributed by atoms with Gasteiger partial charge in [0.1, 0.15) is 5.82 Å². The first-order valence-corrected chi connectivity index (χ1v) is 9.03. The van der Waals surface area contributed by atoms with Gasteiger partial charge in [-0.05, 0) is 36.8 Å². The molecule has 4 nitrogen and oxygen atoms in total. The SMILES string of the molecule is CCN(Cc1cccc(F)c1)C(=O)C[C@@H]1Sc2ccccc2NC1=O. The Labute approximate surface area is 150 Å². The highest BCUT2D eigenvalue weighted by Crippen LogP contribution is 2.36. The molecule has 1 heterocycles. The van der Waals surface area contributed by atoms with Crippen molar-refractivity contribution in [2.75, 3.05) is 11.9 Å². The van der Waals surface area contributed by atoms with E-state index in [0.29, 0.717) is 13.1 Å². The Morgan fingerprint density at radius 1 is 1.24 bits per heavy atom. The molecule has 1 N–H and O–H groups in total. The van der Waals surface area contributed by atoms with Crippen molar-refractivity contribution in [3.63, 3.8) is 0 Å². The third-order valence-corrected chi connectivity index (χ3v) is 5.34. The lowest BCUT2D eigenvalue weighted by molar-refractivity contribution is -0.133. The Balaban J connectivity index is 1.67. The lowest BCUT2D eigenvalue weighted by Crippen LogP contribution is -2.37. The van der Waals surface area contributed by atoms with Gasteiger partial charge in [-0.15, -0.1) is 11.8 Å². The predicted octanol–water partition coefficient (Wildman–Crippen LogP) is 3.68. The average Bonchev–Trinajstić information content (AvgIpc) is 2.60. The molecule has 0 aliphatic carbocycles. The van der Waals surface area contributed by atoms with E-state index in [1.54, 1.807) is 17.0 Å². The molecule has 0 aromatic heterocycles. The minimum Gasteiger partial charge on any atom is -0.339 e. The lowest BCUT2D eigenvalue weighted by Gasteiger charge is -2.27. The van der Waals surface area contributed by atoms with E-state index in [2.05, 4.69) is 5.32 Å². The van der Waals surface area contributed by atoms with E-state index in [-0.39, 0.29) is 24.1 Å². The predicted molar refractivity (Wildman–Crippen MR) is 96.8 cm³/mol. The van der Waals surface area contributed by atoms with Gasteiger partial charge in [-0.3, -0.25) is 9.59 Å². The molecule has 2 aromatic carbocycles. The first-order chi connectivity index (χ1) is 12.1. The van der Waals surface area contributed by atoms with Crippen LogP contribution < -0.4 is 5.32 Å². The van der Waals surface area contributed by atoms with Gasteiger partial charge < -0.3 is 10.2 Å². The molecule has 130 valence electrons. The molecule has 1 aliphatic heterocycles. The molecule has 0 bridgehead atoms. The Hall–Kier alpha value is -2.34. The summed E-state index contributed by atoms with van der Waals surface area (Å²) in [6.45, 7) is 2.72. The quantitative estimate of drug-likeness (QED) is 0.887. The number of nitrogens with one attached hydrogen (secondary N) is 1. The number of anilines is 1. The van der Waals surface area contributed by atoms with Crippen LogP contribution in [-0.4, -0.2) is 28.5 Å². The summed E-state index contributed by atoms with van der Waals surface area (Å²) in [6, 6.07) is 13.8. The molecule has 0 saturated carbocycles. The summed E-state index contributed by atoms with van der Waals surface area (Å²) in [4.78, 5) is 27.5. The van der Waals surface area contributed by atoms with E-state index in [1.807, 2.05) is 31.2 Å². The maximum Gasteiger partial charge on any atom is 0.238 e. The van der Waals surface area contributed by atoms with Crippen molar-refractivity contribution in [1.29, 1.82) is 0 Å². The number of halogens is 1. The molecule has 2 aromatic rings. The Morgan fingerprint density at radius 2 is 2.04 bits per heavy atom. The number of rotatable bonds is 5. The normalized spacial score (nSPS) is 16.1. The highest BCUT2D eigenvalue weighted by atomic mass is 32.2. The smallest absolute Gasteiger partial charge is 0.238 e. The molecule has 0 fully saturated rings. The van der Waals surface area contributed by atoms with Gasteiger partial charge >= 0.3 is 0 Å². The molecule has 0 radical (unpaired) electrons. The van der Waals surface area contributed by atoms with E-state index in [1.165, 1.54) is 23.9 Å². The Bertz CT molecular complexity index is 796. The Morgan fingerprint density at radius 3 is 2.80 bits per heavy atom. The summed E-state index contributed by atoms with van der Waals surface area (Å²) in [5.41, 5.74) is 1.52. The first kappa shape index (κ1) is 17.5. The molecule has 1 atom stereocenters. The van der Waals surface area contributed by atoms with Crippen molar-refractivity contribution in [2.24, 2.45) is 0 Å². The number of thioether (sulfide) groups is 1. The molecule has 3 rings (SSSR count). The van der Waals surface area contributed by atoms with Gasteiger partial charge in [0.05, 0.1) is 10.9 Å². The van der Waals surface area contributed by atoms with Crippen LogP contribution in [0.1, 0.15) is 18.9 Å². The highest BCUT2D eigenvalue weighted by molar-refractivity contribution is 8.01. The number of fused-ring (bicyclic) bond motifs is 1. The zero-order valence-corrected chi connectivity index (χ0v) is 14.7. The van der Waals surface area contributed by atoms with Crippen molar-refractivity contribution >= 4 is 29.3 Å². The molecule has 1 aliphatic rings. The second kappa shape index (κ2) is 7.70. The van der Waals surface area contributed by atoms with Crippen LogP contribution >= 0.6 is 11.8 Å². The van der Waals surface area contributed by atoms with E-state index in [0.717, 1.165) is 16.1 Å². The van der Waals surface area contributed by atoms with Gasteiger partial charge in [-0.1, -0.05) is 24.3 Å². The Kier molecular flexibility index (Phi) is 5.38. The maximum atomic E-state index is 13.3. The summed E-state index contributed by atoms with van der Waals surface area (Å²) >= 11 is 1.41. The number of para-hydroxylation sites is 1. The average molecular weight is 358 g/mol. The second-order valence-electron chi connectivity index (χ2n) is 5.83. The molecule has 0 saturated heterocycles. The van der Waals surface area contributed by atoms with E-state index in [4.69, 9.17) is 0 Å². The summed E-state index contributed by atoms with van der Waals surface area (Å²) in [7, 11) is 0. The van der Waals surface area contributed by atoms with Crippen LogP contribution in [0.5, 0.6) is 0 Å². The zero-order chi connectivity index (χ0) is 17.8. The number of nitrogens with zero attached hydrogens (tertiary/aromatic N) is 1. The van der Waals surface area contributed by atoms with Gasteiger partial charge in [0.25, 0.3) is 0 Å². The van der Waals surface area contributed by atoms with Crippen LogP contribution in [0.15, 0.2) is 53.4 Å². The van der Waals surface area contributed by atoms with Gasteiger partial charge in [-0.25, -0.2) is 4.39 Å². The van der Waals surface area contributed by atoms with E-state index in [9.17, 15) is 14.0 Å². The van der Waals surface area contributed by atoms with Gasteiger partial charge in [0, 0.05) is 24.4 Å². The molecular formula is C19H19FN2O2S. The summed E-state index contributed by atoms with van der Waals surface area (Å²) < 4.78 is 13.3. The first-order valence-electron chi connectivity index (χ1n) is 8.15. The van der Waals surface area contributed by atoms with Crippen LogP contribution in [0.3, 0.4) is 0 Å². The minimum absolute atomic E-state index is 0.112. The largest absolute Gasteiger partial charge is 0.339 e. The summed E-state index contributed by atoms with van der Waals surface area (Å²) in [5.74, 6) is -0.586. The second-order valence-corrected chi connectivity index (χ2v) is 7.08. The summed E-state index contributed by atoms with van der Waals surface area (Å²) in [6.07, 6.45) is 0.119. The highest BCUT2D eigenvalue weighted by Gasteiger charge is 2.30. The third-order valence-electron chi connectivity index (χ3n) is 4.06. The minimum atomic E-state index is -0.455.